The summed E-state index contributed by atoms with van der Waals surface area (Å²) in [6, 6.07) is 14.6. The highest BCUT2D eigenvalue weighted by atomic mass is 16.2. The maximum absolute atomic E-state index is 12.8. The van der Waals surface area contributed by atoms with Gasteiger partial charge in [-0.25, -0.2) is 4.68 Å². The molecular formula is C25H27N5O2. The van der Waals surface area contributed by atoms with Gasteiger partial charge >= 0.3 is 0 Å². The van der Waals surface area contributed by atoms with E-state index in [0.29, 0.717) is 12.1 Å². The van der Waals surface area contributed by atoms with E-state index in [-0.39, 0.29) is 18.0 Å². The molecule has 5 rings (SSSR count). The maximum atomic E-state index is 12.8. The fourth-order valence-electron chi connectivity index (χ4n) is 4.52. The van der Waals surface area contributed by atoms with Gasteiger partial charge in [-0.3, -0.25) is 14.5 Å². The van der Waals surface area contributed by atoms with Crippen molar-refractivity contribution in [2.24, 2.45) is 0 Å². The second kappa shape index (κ2) is 8.59. The number of hydrogen-bond donors (Lipinski definition) is 2. The van der Waals surface area contributed by atoms with E-state index in [0.717, 1.165) is 54.3 Å². The predicted molar refractivity (Wildman–Crippen MR) is 126 cm³/mol. The van der Waals surface area contributed by atoms with E-state index in [2.05, 4.69) is 44.6 Å². The Labute approximate surface area is 186 Å². The van der Waals surface area contributed by atoms with Crippen LogP contribution in [-0.2, 0) is 24.3 Å². The summed E-state index contributed by atoms with van der Waals surface area (Å²) in [7, 11) is 0. The number of aromatic amines is 1. The molecule has 7 nitrogen and oxygen atoms in total. The second-order valence-corrected chi connectivity index (χ2v) is 8.57. The average molecular weight is 430 g/mol. The fourth-order valence-corrected chi connectivity index (χ4v) is 4.52. The van der Waals surface area contributed by atoms with E-state index in [1.807, 2.05) is 25.1 Å². The van der Waals surface area contributed by atoms with Crippen LogP contribution in [-0.4, -0.2) is 45.2 Å². The van der Waals surface area contributed by atoms with E-state index in [1.54, 1.807) is 6.20 Å². The van der Waals surface area contributed by atoms with Gasteiger partial charge in [-0.2, -0.15) is 5.10 Å². The number of aryl methyl sites for hydroxylation is 1. The normalized spacial score (nSPS) is 14.0. The quantitative estimate of drug-likeness (QED) is 0.462. The van der Waals surface area contributed by atoms with Gasteiger partial charge in [-0.05, 0) is 43.0 Å². The molecule has 164 valence electrons. The van der Waals surface area contributed by atoms with Gasteiger partial charge in [0.05, 0.1) is 6.20 Å². The minimum atomic E-state index is -0.279. The third-order valence-electron chi connectivity index (χ3n) is 6.25. The van der Waals surface area contributed by atoms with E-state index >= 15 is 0 Å². The Morgan fingerprint density at radius 3 is 2.88 bits per heavy atom. The van der Waals surface area contributed by atoms with Crippen LogP contribution in [0.3, 0.4) is 0 Å². The Morgan fingerprint density at radius 2 is 2.00 bits per heavy atom. The zero-order valence-electron chi connectivity index (χ0n) is 18.2. The number of carbonyl (C=O) groups is 1. The third kappa shape index (κ3) is 4.03. The molecule has 0 atom stereocenters. The minimum Gasteiger partial charge on any atom is -0.354 e. The molecule has 2 aromatic carbocycles. The summed E-state index contributed by atoms with van der Waals surface area (Å²) in [6.45, 7) is 5.47. The zero-order valence-corrected chi connectivity index (χ0v) is 18.2. The van der Waals surface area contributed by atoms with Crippen molar-refractivity contribution >= 4 is 27.7 Å². The SMILES string of the molecule is Cc1ccc2[nH]c3c(=O)n(CC(=O)NCCCN4CCc5ccccc5C4)ncc3c2c1. The van der Waals surface area contributed by atoms with Crippen LogP contribution in [0, 0.1) is 6.92 Å². The monoisotopic (exact) mass is 429 g/mol. The van der Waals surface area contributed by atoms with Gasteiger partial charge in [0.1, 0.15) is 12.1 Å². The van der Waals surface area contributed by atoms with Crippen LogP contribution in [0.5, 0.6) is 0 Å². The van der Waals surface area contributed by atoms with Crippen molar-refractivity contribution < 1.29 is 4.79 Å². The summed E-state index contributed by atoms with van der Waals surface area (Å²) in [5.41, 5.74) is 5.06. The summed E-state index contributed by atoms with van der Waals surface area (Å²) in [4.78, 5) is 30.8. The molecule has 2 N–H and O–H groups in total. The lowest BCUT2D eigenvalue weighted by atomic mass is 10.00. The lowest BCUT2D eigenvalue weighted by molar-refractivity contribution is -0.121. The number of nitrogens with zero attached hydrogens (tertiary/aromatic N) is 3. The summed E-state index contributed by atoms with van der Waals surface area (Å²) < 4.78 is 1.22. The van der Waals surface area contributed by atoms with Crippen LogP contribution in [0.1, 0.15) is 23.1 Å². The van der Waals surface area contributed by atoms with Gasteiger partial charge in [-0.15, -0.1) is 0 Å². The number of nitrogens with one attached hydrogen (secondary N) is 2. The van der Waals surface area contributed by atoms with Gasteiger partial charge in [0, 0.05) is 42.5 Å². The molecule has 4 aromatic rings. The van der Waals surface area contributed by atoms with E-state index < -0.39 is 0 Å². The Hall–Kier alpha value is -3.45. The zero-order chi connectivity index (χ0) is 22.1. The summed E-state index contributed by atoms with van der Waals surface area (Å²) in [5, 5.41) is 8.92. The van der Waals surface area contributed by atoms with Crippen LogP contribution >= 0.6 is 0 Å². The molecule has 0 radical (unpaired) electrons. The molecule has 1 aliphatic heterocycles. The molecule has 0 spiro atoms. The molecular weight excluding hydrogens is 402 g/mol. The lowest BCUT2D eigenvalue weighted by Gasteiger charge is -2.28. The molecule has 0 fully saturated rings. The van der Waals surface area contributed by atoms with Crippen molar-refractivity contribution in [2.75, 3.05) is 19.6 Å². The van der Waals surface area contributed by atoms with Crippen molar-refractivity contribution in [1.82, 2.24) is 25.0 Å². The Balaban J connectivity index is 1.16. The van der Waals surface area contributed by atoms with E-state index in [4.69, 9.17) is 0 Å². The van der Waals surface area contributed by atoms with Gasteiger partial charge in [0.2, 0.25) is 5.91 Å². The number of rotatable bonds is 6. The Bertz CT molecular complexity index is 1350. The third-order valence-corrected chi connectivity index (χ3v) is 6.25. The molecule has 0 unspecified atom stereocenters. The van der Waals surface area contributed by atoms with Crippen molar-refractivity contribution in [3.05, 3.63) is 75.7 Å². The van der Waals surface area contributed by atoms with Gasteiger partial charge in [0.25, 0.3) is 5.56 Å². The maximum Gasteiger partial charge on any atom is 0.291 e. The number of H-pyrrole nitrogens is 1. The topological polar surface area (TPSA) is 83.0 Å². The van der Waals surface area contributed by atoms with Crippen molar-refractivity contribution in [3.8, 4) is 0 Å². The molecule has 32 heavy (non-hydrogen) atoms. The number of carbonyl (C=O) groups excluding carboxylic acids is 1. The summed E-state index contributed by atoms with van der Waals surface area (Å²) in [6.07, 6.45) is 3.61. The van der Waals surface area contributed by atoms with Crippen LogP contribution in [0.25, 0.3) is 21.8 Å². The minimum absolute atomic E-state index is 0.0831. The first-order chi connectivity index (χ1) is 15.6. The number of amides is 1. The molecule has 0 bridgehead atoms. The average Bonchev–Trinajstić information content (AvgIpc) is 3.17. The van der Waals surface area contributed by atoms with Crippen LogP contribution < -0.4 is 10.9 Å². The lowest BCUT2D eigenvalue weighted by Crippen LogP contribution is -2.36. The number of benzene rings is 2. The first-order valence-electron chi connectivity index (χ1n) is 11.1. The number of aromatic nitrogens is 3. The van der Waals surface area contributed by atoms with Gasteiger partial charge < -0.3 is 10.3 Å². The molecule has 1 amide bonds. The largest absolute Gasteiger partial charge is 0.354 e. The van der Waals surface area contributed by atoms with Crippen LogP contribution in [0.2, 0.25) is 0 Å². The number of hydrogen-bond acceptors (Lipinski definition) is 4. The smallest absolute Gasteiger partial charge is 0.291 e. The van der Waals surface area contributed by atoms with Crippen molar-refractivity contribution in [1.29, 1.82) is 0 Å². The van der Waals surface area contributed by atoms with Gasteiger partial charge in [-0.1, -0.05) is 35.9 Å². The highest BCUT2D eigenvalue weighted by molar-refractivity contribution is 6.06. The second-order valence-electron chi connectivity index (χ2n) is 8.57. The molecule has 0 saturated carbocycles. The van der Waals surface area contributed by atoms with Crippen LogP contribution in [0.4, 0.5) is 0 Å². The van der Waals surface area contributed by atoms with Crippen molar-refractivity contribution in [3.63, 3.8) is 0 Å². The first kappa shape index (κ1) is 20.5. The molecule has 2 aromatic heterocycles. The fraction of sp³-hybridized carbons (Fsp3) is 0.320. The summed E-state index contributed by atoms with van der Waals surface area (Å²) >= 11 is 0. The van der Waals surface area contributed by atoms with Crippen LogP contribution in [0.15, 0.2) is 53.5 Å². The van der Waals surface area contributed by atoms with E-state index in [1.165, 1.54) is 15.8 Å². The molecule has 7 heteroatoms. The van der Waals surface area contributed by atoms with Crippen molar-refractivity contribution in [2.45, 2.75) is 32.9 Å². The predicted octanol–water partition coefficient (Wildman–Crippen LogP) is 2.75. The highest BCUT2D eigenvalue weighted by Crippen LogP contribution is 2.23. The highest BCUT2D eigenvalue weighted by Gasteiger charge is 2.16. The summed E-state index contributed by atoms with van der Waals surface area (Å²) in [5.74, 6) is -0.199. The standard InChI is InChI=1S/C25H27N5O2/c1-17-7-8-22-20(13-17)21-14-27-30(25(32)24(21)28-22)16-23(31)26-10-4-11-29-12-9-18-5-2-3-6-19(18)15-29/h2-3,5-8,13-14,28H,4,9-12,15-16H2,1H3,(H,26,31). The number of fused-ring (bicyclic) bond motifs is 4. The van der Waals surface area contributed by atoms with E-state index in [9.17, 15) is 9.59 Å². The molecule has 3 heterocycles. The molecule has 0 aliphatic carbocycles. The molecule has 1 aliphatic rings. The van der Waals surface area contributed by atoms with Gasteiger partial charge in [0.15, 0.2) is 0 Å². The Kier molecular flexibility index (Phi) is 5.49. The Morgan fingerprint density at radius 1 is 1.16 bits per heavy atom. The molecule has 0 saturated heterocycles. The first-order valence-corrected chi connectivity index (χ1v) is 11.1.